The van der Waals surface area contributed by atoms with Crippen LogP contribution in [0.25, 0.3) is 0 Å². The van der Waals surface area contributed by atoms with Crippen molar-refractivity contribution in [2.75, 3.05) is 27.4 Å². The van der Waals surface area contributed by atoms with Crippen molar-refractivity contribution >= 4 is 29.2 Å². The van der Waals surface area contributed by atoms with E-state index in [0.717, 1.165) is 12.0 Å². The molecule has 15 unspecified atom stereocenters. The Bertz CT molecular complexity index is 1770. The lowest BCUT2D eigenvalue weighted by Crippen LogP contribution is -2.61. The molecular formula is C52H81NO13. The molecule has 3 heterocycles. The van der Waals surface area contributed by atoms with Crippen LogP contribution in [0.15, 0.2) is 47.6 Å². The van der Waals surface area contributed by atoms with Gasteiger partial charge in [0.05, 0.1) is 24.4 Å². The highest BCUT2D eigenvalue weighted by molar-refractivity contribution is 6.39. The molecule has 1 amide bonds. The molecular weight excluding hydrogens is 847 g/mol. The van der Waals surface area contributed by atoms with Crippen molar-refractivity contribution in [1.29, 1.82) is 0 Å². The summed E-state index contributed by atoms with van der Waals surface area (Å²) in [5, 5.41) is 33.9. The summed E-state index contributed by atoms with van der Waals surface area (Å²) in [6.07, 6.45) is 11.3. The van der Waals surface area contributed by atoms with Gasteiger partial charge in [-0.05, 0) is 114 Å². The first kappa shape index (κ1) is 55.2. The number of cyclic esters (lactones) is 1. The maximum atomic E-state index is 14.4. The lowest BCUT2D eigenvalue weighted by atomic mass is 9.78. The van der Waals surface area contributed by atoms with Gasteiger partial charge in [-0.2, -0.15) is 0 Å². The smallest absolute Gasteiger partial charge is 0.329 e. The summed E-state index contributed by atoms with van der Waals surface area (Å²) in [6.45, 7) is 15.1. The minimum Gasteiger partial charge on any atom is -0.460 e. The van der Waals surface area contributed by atoms with E-state index in [-0.39, 0.29) is 54.8 Å². The van der Waals surface area contributed by atoms with Gasteiger partial charge in [-0.1, -0.05) is 71.1 Å². The van der Waals surface area contributed by atoms with Gasteiger partial charge in [0.25, 0.3) is 11.7 Å². The fourth-order valence-corrected chi connectivity index (χ4v) is 10.2. The number of hydrogen-bond donors (Lipinski definition) is 3. The molecule has 14 heteroatoms. The Morgan fingerprint density at radius 2 is 1.61 bits per heavy atom. The van der Waals surface area contributed by atoms with Gasteiger partial charge in [0, 0.05) is 58.0 Å². The van der Waals surface area contributed by atoms with Gasteiger partial charge in [-0.25, -0.2) is 4.79 Å². The monoisotopic (exact) mass is 928 g/mol. The number of Topliss-reactive ketones (excluding diaryl/α,β-unsaturated/α-hetero) is 3. The Labute approximate surface area is 393 Å². The summed E-state index contributed by atoms with van der Waals surface area (Å²) in [6, 6.07) is -1.14. The molecule has 3 fully saturated rings. The lowest BCUT2D eigenvalue weighted by Gasteiger charge is -2.43. The third-order valence-electron chi connectivity index (χ3n) is 14.6. The van der Waals surface area contributed by atoms with E-state index in [1.165, 1.54) is 12.0 Å². The second-order valence-corrected chi connectivity index (χ2v) is 19.8. The zero-order chi connectivity index (χ0) is 48.9. The Kier molecular flexibility index (Phi) is 21.6. The van der Waals surface area contributed by atoms with Crippen LogP contribution in [0, 0.1) is 35.5 Å². The van der Waals surface area contributed by atoms with Gasteiger partial charge in [-0.3, -0.25) is 19.2 Å². The van der Waals surface area contributed by atoms with E-state index in [1.807, 2.05) is 65.0 Å². The highest BCUT2D eigenvalue weighted by Gasteiger charge is 2.53. The second-order valence-electron chi connectivity index (χ2n) is 19.8. The molecule has 3 aliphatic heterocycles. The van der Waals surface area contributed by atoms with Gasteiger partial charge < -0.3 is 43.9 Å². The number of ketones is 3. The number of rotatable bonds is 7. The van der Waals surface area contributed by atoms with Crippen LogP contribution in [0.5, 0.6) is 0 Å². The first-order chi connectivity index (χ1) is 31.2. The predicted molar refractivity (Wildman–Crippen MR) is 250 cm³/mol. The molecule has 15 atom stereocenters. The van der Waals surface area contributed by atoms with Crippen LogP contribution in [0.2, 0.25) is 0 Å². The number of nitrogens with zero attached hydrogens (tertiary/aromatic N) is 1. The Balaban J connectivity index is 1.71. The molecule has 2 saturated heterocycles. The van der Waals surface area contributed by atoms with Gasteiger partial charge in [0.1, 0.15) is 30.1 Å². The number of esters is 1. The summed E-state index contributed by atoms with van der Waals surface area (Å²) in [4.78, 5) is 71.9. The number of aliphatic hydroxyl groups excluding tert-OH is 2. The first-order valence-electron chi connectivity index (χ1n) is 24.5. The van der Waals surface area contributed by atoms with E-state index >= 15 is 0 Å². The van der Waals surface area contributed by atoms with Crippen LogP contribution >= 0.6 is 0 Å². The standard InChI is InChI=1S/C52H81NO13/c1-11-64-43-29-39-22-20-37(8)52(61,66-39)49(58)50(59)53-24-16-15-19-40(53)51(60)65-44(34(5)27-38-21-23-41(54)45(28-38)62-9)30-42(55)33(4)26-36(7)47(57)48(63-10)46(56)35(6)25-31(2)17-13-12-14-18-32(43)3/h12-14,17-18,26,31,33-35,37-41,43-45,47-48,54,57,61H,11,15-16,19-25,27-30H2,1-10H3. The molecule has 0 radical (unpaired) electrons. The topological polar surface area (TPSA) is 195 Å². The van der Waals surface area contributed by atoms with Crippen molar-refractivity contribution in [1.82, 2.24) is 4.90 Å². The molecule has 2 bridgehead atoms. The van der Waals surface area contributed by atoms with Crippen LogP contribution in [0.1, 0.15) is 132 Å². The van der Waals surface area contributed by atoms with Gasteiger partial charge in [0.2, 0.25) is 5.79 Å². The summed E-state index contributed by atoms with van der Waals surface area (Å²) >= 11 is 0. The normalized spacial score (nSPS) is 37.4. The molecule has 1 aliphatic carbocycles. The molecule has 4 rings (SSSR count). The minimum absolute atomic E-state index is 0.0188. The summed E-state index contributed by atoms with van der Waals surface area (Å²) in [7, 11) is 2.95. The lowest BCUT2D eigenvalue weighted by molar-refractivity contribution is -0.266. The molecule has 0 aromatic heterocycles. The van der Waals surface area contributed by atoms with Crippen LogP contribution < -0.4 is 0 Å². The molecule has 66 heavy (non-hydrogen) atoms. The molecule has 0 aromatic carbocycles. The maximum Gasteiger partial charge on any atom is 0.329 e. The molecule has 372 valence electrons. The van der Waals surface area contributed by atoms with Crippen molar-refractivity contribution < 1.29 is 63.0 Å². The Morgan fingerprint density at radius 1 is 0.879 bits per heavy atom. The number of methoxy groups -OCH3 is 2. The zero-order valence-corrected chi connectivity index (χ0v) is 41.3. The minimum atomic E-state index is -2.43. The van der Waals surface area contributed by atoms with Crippen LogP contribution in [0.4, 0.5) is 0 Å². The third kappa shape index (κ3) is 14.6. The Morgan fingerprint density at radius 3 is 2.29 bits per heavy atom. The van der Waals surface area contributed by atoms with Crippen LogP contribution in [-0.2, 0) is 47.7 Å². The van der Waals surface area contributed by atoms with Gasteiger partial charge in [0.15, 0.2) is 5.78 Å². The number of fused-ring (bicyclic) bond motifs is 3. The van der Waals surface area contributed by atoms with E-state index in [9.17, 15) is 39.3 Å². The van der Waals surface area contributed by atoms with E-state index in [0.29, 0.717) is 70.0 Å². The number of aliphatic hydroxyl groups is 3. The highest BCUT2D eigenvalue weighted by Crippen LogP contribution is 2.38. The van der Waals surface area contributed by atoms with Crippen molar-refractivity contribution in [3.63, 3.8) is 0 Å². The average Bonchev–Trinajstić information content (AvgIpc) is 3.29. The van der Waals surface area contributed by atoms with E-state index < -0.39 is 83.9 Å². The molecule has 3 N–H and O–H groups in total. The quantitative estimate of drug-likeness (QED) is 0.141. The summed E-state index contributed by atoms with van der Waals surface area (Å²) in [5.74, 6) is -7.95. The molecule has 0 spiro atoms. The molecule has 0 aromatic rings. The van der Waals surface area contributed by atoms with Crippen molar-refractivity contribution in [2.45, 2.75) is 187 Å². The van der Waals surface area contributed by atoms with E-state index in [2.05, 4.69) is 0 Å². The van der Waals surface area contributed by atoms with Crippen LogP contribution in [-0.4, -0.2) is 131 Å². The largest absolute Gasteiger partial charge is 0.460 e. The SMILES string of the molecule is CCOC1CC2CCC(C)C(O)(O2)C(=O)C(=O)N2CCCCC2C(=O)OC(C(C)CC2CCC(O)C(OC)C2)CC(=O)C(C)C=C(C)C(O)C(OC)C(=O)C(C)CC(C)C=CC=CC=C1C. The van der Waals surface area contributed by atoms with Gasteiger partial charge >= 0.3 is 5.97 Å². The average molecular weight is 928 g/mol. The molecule has 1 saturated carbocycles. The Hall–Kier alpha value is -3.37. The number of carbonyl (C=O) groups is 5. The second kappa shape index (κ2) is 25.8. The highest BCUT2D eigenvalue weighted by atomic mass is 16.6. The molecule has 14 nitrogen and oxygen atoms in total. The fourth-order valence-electron chi connectivity index (χ4n) is 10.2. The number of amides is 1. The predicted octanol–water partition coefficient (Wildman–Crippen LogP) is 6.57. The summed E-state index contributed by atoms with van der Waals surface area (Å²) in [5.41, 5.74) is 1.29. The summed E-state index contributed by atoms with van der Waals surface area (Å²) < 4.78 is 29.7. The van der Waals surface area contributed by atoms with Crippen molar-refractivity contribution in [3.8, 4) is 0 Å². The van der Waals surface area contributed by atoms with Crippen molar-refractivity contribution in [3.05, 3.63) is 47.6 Å². The number of piperidine rings is 1. The number of carbonyl (C=O) groups excluding carboxylic acids is 5. The first-order valence-corrected chi connectivity index (χ1v) is 24.5. The fraction of sp³-hybridized carbons (Fsp3) is 0.750. The van der Waals surface area contributed by atoms with Gasteiger partial charge in [-0.15, -0.1) is 0 Å². The van der Waals surface area contributed by atoms with Crippen LogP contribution in [0.3, 0.4) is 0 Å². The number of hydrogen-bond acceptors (Lipinski definition) is 13. The van der Waals surface area contributed by atoms with E-state index in [1.54, 1.807) is 34.0 Å². The number of allylic oxidation sites excluding steroid dienone is 6. The molecule has 4 aliphatic rings. The zero-order valence-electron chi connectivity index (χ0n) is 41.3. The van der Waals surface area contributed by atoms with E-state index in [4.69, 9.17) is 23.7 Å². The van der Waals surface area contributed by atoms with Crippen molar-refractivity contribution in [2.24, 2.45) is 35.5 Å². The third-order valence-corrected chi connectivity index (χ3v) is 14.6. The maximum absolute atomic E-state index is 14.4. The number of ether oxygens (including phenoxy) is 5.